The summed E-state index contributed by atoms with van der Waals surface area (Å²) in [5.41, 5.74) is 2.08. The SMILES string of the molecule is CCCCOc1ccc(C#Cc2ccc(CCCC)cc2)c(F)c1F. The van der Waals surface area contributed by atoms with Crippen LogP contribution in [0.3, 0.4) is 0 Å². The number of rotatable bonds is 7. The Bertz CT molecular complexity index is 739. The van der Waals surface area contributed by atoms with Crippen LogP contribution in [0.5, 0.6) is 5.75 Å². The third kappa shape index (κ3) is 5.60. The first kappa shape index (κ1) is 19.0. The van der Waals surface area contributed by atoms with Crippen molar-refractivity contribution in [2.75, 3.05) is 6.61 Å². The second kappa shape index (κ2) is 9.84. The molecule has 2 aromatic carbocycles. The summed E-state index contributed by atoms with van der Waals surface area (Å²) < 4.78 is 33.4. The van der Waals surface area contributed by atoms with Crippen LogP contribution in [0, 0.1) is 23.5 Å². The van der Waals surface area contributed by atoms with Gasteiger partial charge in [-0.1, -0.05) is 50.7 Å². The van der Waals surface area contributed by atoms with Crippen LogP contribution in [0.4, 0.5) is 8.78 Å². The van der Waals surface area contributed by atoms with E-state index in [1.54, 1.807) is 0 Å². The lowest BCUT2D eigenvalue weighted by Gasteiger charge is -2.07. The zero-order chi connectivity index (χ0) is 18.1. The molecule has 3 heteroatoms. The van der Waals surface area contributed by atoms with E-state index in [4.69, 9.17) is 4.74 Å². The molecule has 0 fully saturated rings. The standard InChI is InChI=1S/C22H24F2O/c1-3-5-7-17-8-10-18(11-9-17)12-13-19-14-15-20(22(24)21(19)23)25-16-6-4-2/h8-11,14-15H,3-7,16H2,1-2H3. The first-order chi connectivity index (χ1) is 12.2. The molecular weight excluding hydrogens is 318 g/mol. The van der Waals surface area contributed by atoms with Crippen LogP contribution in [0.15, 0.2) is 36.4 Å². The predicted molar refractivity (Wildman–Crippen MR) is 97.8 cm³/mol. The van der Waals surface area contributed by atoms with Gasteiger partial charge < -0.3 is 4.74 Å². The lowest BCUT2D eigenvalue weighted by atomic mass is 10.1. The van der Waals surface area contributed by atoms with Gasteiger partial charge in [-0.15, -0.1) is 0 Å². The predicted octanol–water partition coefficient (Wildman–Crippen LogP) is 5.89. The Labute approximate surface area is 149 Å². The van der Waals surface area contributed by atoms with Gasteiger partial charge >= 0.3 is 0 Å². The maximum Gasteiger partial charge on any atom is 0.201 e. The van der Waals surface area contributed by atoms with Crippen molar-refractivity contribution >= 4 is 0 Å². The number of halogens is 2. The van der Waals surface area contributed by atoms with E-state index in [1.807, 2.05) is 31.2 Å². The molecule has 0 unspecified atom stereocenters. The third-order valence-corrected chi connectivity index (χ3v) is 3.92. The Morgan fingerprint density at radius 2 is 1.56 bits per heavy atom. The molecular formula is C22H24F2O. The van der Waals surface area contributed by atoms with Gasteiger partial charge in [-0.3, -0.25) is 0 Å². The zero-order valence-corrected chi connectivity index (χ0v) is 14.9. The normalized spacial score (nSPS) is 10.2. The van der Waals surface area contributed by atoms with Gasteiger partial charge in [-0.2, -0.15) is 4.39 Å². The second-order valence-electron chi connectivity index (χ2n) is 5.99. The average Bonchev–Trinajstić information content (AvgIpc) is 2.64. The number of benzene rings is 2. The number of aryl methyl sites for hydroxylation is 1. The lowest BCUT2D eigenvalue weighted by molar-refractivity contribution is 0.288. The molecule has 2 aromatic rings. The fourth-order valence-corrected chi connectivity index (χ4v) is 2.34. The highest BCUT2D eigenvalue weighted by molar-refractivity contribution is 5.46. The van der Waals surface area contributed by atoms with Crippen LogP contribution in [0.2, 0.25) is 0 Å². The largest absolute Gasteiger partial charge is 0.490 e. The zero-order valence-electron chi connectivity index (χ0n) is 14.9. The van der Waals surface area contributed by atoms with Gasteiger partial charge in [0.25, 0.3) is 0 Å². The molecule has 0 aliphatic heterocycles. The molecule has 1 nitrogen and oxygen atoms in total. The number of hydrogen-bond acceptors (Lipinski definition) is 1. The minimum atomic E-state index is -0.974. The molecule has 0 saturated carbocycles. The summed E-state index contributed by atoms with van der Waals surface area (Å²) in [5.74, 6) is 3.60. The van der Waals surface area contributed by atoms with E-state index < -0.39 is 11.6 Å². The summed E-state index contributed by atoms with van der Waals surface area (Å²) in [6.45, 7) is 4.55. The smallest absolute Gasteiger partial charge is 0.201 e. The number of hydrogen-bond donors (Lipinski definition) is 0. The third-order valence-electron chi connectivity index (χ3n) is 3.92. The molecule has 0 radical (unpaired) electrons. The fraction of sp³-hybridized carbons (Fsp3) is 0.364. The summed E-state index contributed by atoms with van der Waals surface area (Å²) in [4.78, 5) is 0. The molecule has 0 aromatic heterocycles. The van der Waals surface area contributed by atoms with Gasteiger partial charge in [0, 0.05) is 5.56 Å². The van der Waals surface area contributed by atoms with E-state index in [0.717, 1.165) is 37.7 Å². The molecule has 0 atom stereocenters. The van der Waals surface area contributed by atoms with Crippen LogP contribution in [-0.4, -0.2) is 6.61 Å². The Kier molecular flexibility index (Phi) is 7.47. The Hall–Kier alpha value is -2.34. The highest BCUT2D eigenvalue weighted by atomic mass is 19.2. The summed E-state index contributed by atoms with van der Waals surface area (Å²) in [5, 5.41) is 0. The molecule has 0 aliphatic rings. The maximum absolute atomic E-state index is 14.1. The molecule has 0 heterocycles. The van der Waals surface area contributed by atoms with Gasteiger partial charge in [0.15, 0.2) is 11.6 Å². The monoisotopic (exact) mass is 342 g/mol. The van der Waals surface area contributed by atoms with Crippen LogP contribution in [0.25, 0.3) is 0 Å². The fourth-order valence-electron chi connectivity index (χ4n) is 2.34. The quantitative estimate of drug-likeness (QED) is 0.450. The molecule has 0 N–H and O–H groups in total. The minimum Gasteiger partial charge on any atom is -0.490 e. The van der Waals surface area contributed by atoms with Crippen molar-refractivity contribution in [2.45, 2.75) is 46.0 Å². The summed E-state index contributed by atoms with van der Waals surface area (Å²) in [6.07, 6.45) is 5.10. The molecule has 132 valence electrons. The molecule has 2 rings (SSSR count). The summed E-state index contributed by atoms with van der Waals surface area (Å²) >= 11 is 0. The van der Waals surface area contributed by atoms with E-state index in [1.165, 1.54) is 17.7 Å². The highest BCUT2D eigenvalue weighted by Crippen LogP contribution is 2.22. The van der Waals surface area contributed by atoms with Crippen molar-refractivity contribution in [1.29, 1.82) is 0 Å². The molecule has 0 bridgehead atoms. The van der Waals surface area contributed by atoms with Gasteiger partial charge in [0.1, 0.15) is 0 Å². The molecule has 0 saturated heterocycles. The van der Waals surface area contributed by atoms with E-state index in [2.05, 4.69) is 18.8 Å². The van der Waals surface area contributed by atoms with Crippen LogP contribution >= 0.6 is 0 Å². The van der Waals surface area contributed by atoms with Crippen LogP contribution in [-0.2, 0) is 6.42 Å². The van der Waals surface area contributed by atoms with Crippen molar-refractivity contribution in [3.63, 3.8) is 0 Å². The van der Waals surface area contributed by atoms with Crippen LogP contribution < -0.4 is 4.74 Å². The van der Waals surface area contributed by atoms with Crippen molar-refractivity contribution in [2.24, 2.45) is 0 Å². The molecule has 0 amide bonds. The molecule has 25 heavy (non-hydrogen) atoms. The average molecular weight is 342 g/mol. The molecule has 0 aliphatic carbocycles. The van der Waals surface area contributed by atoms with Gasteiger partial charge in [-0.05, 0) is 49.1 Å². The van der Waals surface area contributed by atoms with Crippen molar-refractivity contribution < 1.29 is 13.5 Å². The first-order valence-corrected chi connectivity index (χ1v) is 8.87. The van der Waals surface area contributed by atoms with Gasteiger partial charge in [0.05, 0.1) is 12.2 Å². The van der Waals surface area contributed by atoms with Crippen molar-refractivity contribution in [1.82, 2.24) is 0 Å². The summed E-state index contributed by atoms with van der Waals surface area (Å²) in [6, 6.07) is 10.8. The number of unbranched alkanes of at least 4 members (excludes halogenated alkanes) is 2. The summed E-state index contributed by atoms with van der Waals surface area (Å²) in [7, 11) is 0. The maximum atomic E-state index is 14.1. The Morgan fingerprint density at radius 3 is 2.24 bits per heavy atom. The van der Waals surface area contributed by atoms with E-state index in [9.17, 15) is 8.78 Å². The van der Waals surface area contributed by atoms with E-state index in [-0.39, 0.29) is 11.3 Å². The van der Waals surface area contributed by atoms with E-state index in [0.29, 0.717) is 6.61 Å². The van der Waals surface area contributed by atoms with Crippen molar-refractivity contribution in [3.05, 3.63) is 64.7 Å². The van der Waals surface area contributed by atoms with Gasteiger partial charge in [0.2, 0.25) is 5.82 Å². The van der Waals surface area contributed by atoms with Crippen LogP contribution in [0.1, 0.15) is 56.2 Å². The number of ether oxygens (including phenoxy) is 1. The van der Waals surface area contributed by atoms with Gasteiger partial charge in [-0.25, -0.2) is 4.39 Å². The lowest BCUT2D eigenvalue weighted by Crippen LogP contribution is -2.01. The second-order valence-corrected chi connectivity index (χ2v) is 5.99. The first-order valence-electron chi connectivity index (χ1n) is 8.87. The molecule has 0 spiro atoms. The van der Waals surface area contributed by atoms with Crippen molar-refractivity contribution in [3.8, 4) is 17.6 Å². The Morgan fingerprint density at radius 1 is 0.840 bits per heavy atom. The van der Waals surface area contributed by atoms with E-state index >= 15 is 0 Å². The highest BCUT2D eigenvalue weighted by Gasteiger charge is 2.13. The topological polar surface area (TPSA) is 9.23 Å². The minimum absolute atomic E-state index is 0.0374. The Balaban J connectivity index is 2.10.